The maximum absolute atomic E-state index is 9.17. The van der Waals surface area contributed by atoms with Crippen LogP contribution in [0.4, 0.5) is 0 Å². The third kappa shape index (κ3) is 9.36. The van der Waals surface area contributed by atoms with Crippen molar-refractivity contribution in [2.24, 2.45) is 11.8 Å². The molecule has 0 aromatic heterocycles. The first-order valence-electron chi connectivity index (χ1n) is 24.7. The van der Waals surface area contributed by atoms with Crippen molar-refractivity contribution in [3.8, 4) is 22.3 Å². The van der Waals surface area contributed by atoms with Gasteiger partial charge in [0.15, 0.2) is 0 Å². The summed E-state index contributed by atoms with van der Waals surface area (Å²) in [6.45, 7) is 38.0. The fourth-order valence-corrected chi connectivity index (χ4v) is 42.5. The molecule has 2 aliphatic rings. The van der Waals surface area contributed by atoms with Crippen LogP contribution in [0.1, 0.15) is 209 Å². The van der Waals surface area contributed by atoms with Gasteiger partial charge in [-0.15, -0.1) is 0 Å². The van der Waals surface area contributed by atoms with Crippen LogP contribution in [0.15, 0.2) is 71.8 Å². The number of fused-ring (bicyclic) bond motifs is 2. The van der Waals surface area contributed by atoms with Crippen molar-refractivity contribution in [1.29, 1.82) is 0 Å². The summed E-state index contributed by atoms with van der Waals surface area (Å²) in [5.74, 6) is 1.01. The van der Waals surface area contributed by atoms with Gasteiger partial charge in [-0.25, -0.2) is 0 Å². The topological polar surface area (TPSA) is 0 Å². The number of allylic oxidation sites excluding steroid dienone is 2. The molecular formula is C58H81Cl2SiZr. The van der Waals surface area contributed by atoms with Gasteiger partial charge in [-0.3, -0.25) is 0 Å². The Balaban J connectivity index is 1.70. The minimum atomic E-state index is -5.10. The number of halogens is 2. The molecule has 4 aromatic carbocycles. The first kappa shape index (κ1) is 49.5. The Bertz CT molecular complexity index is 2120. The van der Waals surface area contributed by atoms with E-state index in [0.717, 1.165) is 38.5 Å². The number of benzene rings is 4. The van der Waals surface area contributed by atoms with Gasteiger partial charge < -0.3 is 0 Å². The van der Waals surface area contributed by atoms with Crippen molar-refractivity contribution in [3.05, 3.63) is 127 Å². The fraction of sp³-hybridized carbons (Fsp3) is 0.517. The van der Waals surface area contributed by atoms with E-state index in [9.17, 15) is 17.0 Å². The zero-order chi connectivity index (χ0) is 45.6. The Labute approximate surface area is 388 Å². The van der Waals surface area contributed by atoms with Crippen LogP contribution in [0.2, 0.25) is 13.1 Å². The van der Waals surface area contributed by atoms with Gasteiger partial charge in [0.2, 0.25) is 0 Å². The third-order valence-electron chi connectivity index (χ3n) is 14.5. The van der Waals surface area contributed by atoms with E-state index in [1.54, 1.807) is 0 Å². The van der Waals surface area contributed by atoms with Crippen LogP contribution < -0.4 is 0 Å². The van der Waals surface area contributed by atoms with Crippen molar-refractivity contribution >= 4 is 35.1 Å². The number of hydrogen-bond donors (Lipinski definition) is 0. The van der Waals surface area contributed by atoms with Crippen molar-refractivity contribution in [2.75, 3.05) is 0 Å². The van der Waals surface area contributed by atoms with E-state index in [0.29, 0.717) is 35.5 Å². The van der Waals surface area contributed by atoms with Crippen LogP contribution in [-0.2, 0) is 28.4 Å². The Kier molecular flexibility index (Phi) is 15.5. The van der Waals surface area contributed by atoms with Gasteiger partial charge in [0.25, 0.3) is 0 Å². The van der Waals surface area contributed by atoms with Crippen LogP contribution in [0, 0.1) is 11.8 Å². The average molecular weight is 969 g/mol. The van der Waals surface area contributed by atoms with E-state index in [-0.39, 0.29) is 7.25 Å². The molecule has 0 bridgehead atoms. The zero-order valence-corrected chi connectivity index (χ0v) is 46.7. The summed E-state index contributed by atoms with van der Waals surface area (Å²) in [5.41, 5.74) is 22.8. The standard InChI is InChI=1S/2C28H37.C2H7Si.2ClH.Zr/c2*1-8-9-22-10-11-23-13-21(12-18(2)3)14-27(23)28(22)26-16-24(19(4)5)15-25(17-26)20(6)7;1-3-2;;;/h2*10-11,13-20H,8-9,12H2,1-7H3;3H,1-2H3;2*1H;/q;;;;;+2/p-2. The van der Waals surface area contributed by atoms with Crippen molar-refractivity contribution in [1.82, 2.24) is 0 Å². The van der Waals surface area contributed by atoms with Gasteiger partial charge in [-0.1, -0.05) is 0 Å². The molecule has 0 fully saturated rings. The normalized spacial score (nSPS) is 17.2. The quantitative estimate of drug-likeness (QED) is 0.0925. The summed E-state index contributed by atoms with van der Waals surface area (Å²) in [5, 5.41) is 0. The Hall–Kier alpha value is -1.96. The van der Waals surface area contributed by atoms with E-state index >= 15 is 0 Å². The van der Waals surface area contributed by atoms with Crippen LogP contribution in [-0.4, -0.2) is 5.92 Å². The molecule has 335 valence electrons. The van der Waals surface area contributed by atoms with E-state index in [1.165, 1.54) is 89.0 Å². The van der Waals surface area contributed by atoms with Crippen LogP contribution in [0.3, 0.4) is 0 Å². The Morgan fingerprint density at radius 3 is 1.08 bits per heavy atom. The molecule has 0 N–H and O–H groups in total. The number of rotatable bonds is 17. The van der Waals surface area contributed by atoms with Crippen molar-refractivity contribution in [3.63, 3.8) is 0 Å². The van der Waals surface area contributed by atoms with Crippen LogP contribution in [0.5, 0.6) is 0 Å². The summed E-state index contributed by atoms with van der Waals surface area (Å²) in [6, 6.07) is 24.9. The van der Waals surface area contributed by atoms with Gasteiger partial charge in [0.1, 0.15) is 0 Å². The summed E-state index contributed by atoms with van der Waals surface area (Å²) in [7, 11) is 18.3. The van der Waals surface area contributed by atoms with E-state index in [4.69, 9.17) is 0 Å². The minimum absolute atomic E-state index is 0.0678. The summed E-state index contributed by atoms with van der Waals surface area (Å²) in [4.78, 5) is 0. The van der Waals surface area contributed by atoms with E-state index < -0.39 is 21.5 Å². The Morgan fingerprint density at radius 2 is 0.823 bits per heavy atom. The van der Waals surface area contributed by atoms with E-state index in [1.807, 2.05) is 0 Å². The SMILES string of the molecule is CCCc1ccc2c(c1-c1cc(C(C)C)cc(C(C)C)c1)C=C(CC(C)C)[CH]2[Zr]([Cl])([Cl])([CH]1C(CC(C)C)=Cc2c1ccc(CCC)c2-c1cc(C(C)C)cc(C(C)C)c1)[SiH](C)C. The molecular weight excluding hydrogens is 887 g/mol. The molecule has 0 amide bonds. The maximum atomic E-state index is 9.17. The van der Waals surface area contributed by atoms with Gasteiger partial charge in [0, 0.05) is 0 Å². The molecule has 2 unspecified atom stereocenters. The molecule has 4 aromatic rings. The summed E-state index contributed by atoms with van der Waals surface area (Å²) in [6.07, 6.45) is 11.6. The Morgan fingerprint density at radius 1 is 0.500 bits per heavy atom. The van der Waals surface area contributed by atoms with Crippen molar-refractivity contribution < 1.29 is 15.6 Å². The first-order chi connectivity index (χ1) is 29.1. The predicted molar refractivity (Wildman–Crippen MR) is 279 cm³/mol. The molecule has 2 aliphatic carbocycles. The van der Waals surface area contributed by atoms with Gasteiger partial charge in [-0.05, 0) is 0 Å². The summed E-state index contributed by atoms with van der Waals surface area (Å²) >= 11 is -5.10. The molecule has 62 heavy (non-hydrogen) atoms. The number of hydrogen-bond acceptors (Lipinski definition) is 0. The van der Waals surface area contributed by atoms with Gasteiger partial charge in [-0.2, -0.15) is 0 Å². The molecule has 0 saturated heterocycles. The van der Waals surface area contributed by atoms with Crippen LogP contribution in [0.25, 0.3) is 34.4 Å². The molecule has 0 radical (unpaired) electrons. The molecule has 0 nitrogen and oxygen atoms in total. The molecule has 0 spiro atoms. The second-order valence-electron chi connectivity index (χ2n) is 22.0. The molecule has 4 heteroatoms. The predicted octanol–water partition coefficient (Wildman–Crippen LogP) is 19.1. The second-order valence-corrected chi connectivity index (χ2v) is 64.5. The molecule has 6 rings (SSSR count). The third-order valence-corrected chi connectivity index (χ3v) is 66.3. The fourth-order valence-electron chi connectivity index (χ4n) is 11.2. The molecule has 0 aliphatic heterocycles. The molecule has 0 saturated carbocycles. The summed E-state index contributed by atoms with van der Waals surface area (Å²) < 4.78 is 0.136. The zero-order valence-electron chi connectivity index (χ0n) is 41.6. The first-order valence-corrected chi connectivity index (χ1v) is 41.0. The number of aryl methyl sites for hydroxylation is 2. The monoisotopic (exact) mass is 965 g/mol. The van der Waals surface area contributed by atoms with Gasteiger partial charge >= 0.3 is 392 Å². The van der Waals surface area contributed by atoms with Crippen molar-refractivity contribution in [2.45, 2.75) is 179 Å². The second kappa shape index (κ2) is 19.5. The van der Waals surface area contributed by atoms with Gasteiger partial charge in [0.05, 0.1) is 0 Å². The van der Waals surface area contributed by atoms with Crippen LogP contribution >= 0.6 is 17.0 Å². The van der Waals surface area contributed by atoms with E-state index in [2.05, 4.69) is 183 Å². The molecule has 0 heterocycles. The average Bonchev–Trinajstić information content (AvgIpc) is 3.75. The molecule has 2 atom stereocenters.